The van der Waals surface area contributed by atoms with Gasteiger partial charge in [0.15, 0.2) is 11.5 Å². The van der Waals surface area contributed by atoms with Gasteiger partial charge in [-0.2, -0.15) is 43.9 Å². The summed E-state index contributed by atoms with van der Waals surface area (Å²) in [6.07, 6.45) is -5.61. The summed E-state index contributed by atoms with van der Waals surface area (Å²) in [6.45, 7) is -1.28. The third kappa shape index (κ3) is 3.69. The highest BCUT2D eigenvalue weighted by molar-refractivity contribution is 5.84. The zero-order valence-electron chi connectivity index (χ0n) is 14.5. The number of hydrogen-bond acceptors (Lipinski definition) is 3. The lowest BCUT2D eigenvalue weighted by Crippen LogP contribution is -2.70. The minimum Gasteiger partial charge on any atom is -0.454 e. The van der Waals surface area contributed by atoms with Crippen molar-refractivity contribution in [3.63, 3.8) is 0 Å². The van der Waals surface area contributed by atoms with E-state index in [1.54, 1.807) is 0 Å². The zero-order chi connectivity index (χ0) is 24.0. The van der Waals surface area contributed by atoms with Crippen LogP contribution < -0.4 is 14.8 Å². The highest BCUT2D eigenvalue weighted by Gasteiger charge is 2.89. The first-order valence-electron chi connectivity index (χ1n) is 7.75. The summed E-state index contributed by atoms with van der Waals surface area (Å²) in [6, 6.07) is 3.35. The normalized spacial score (nSPS) is 15.4. The van der Waals surface area contributed by atoms with Gasteiger partial charge in [-0.15, -0.1) is 0 Å². The van der Waals surface area contributed by atoms with Gasteiger partial charge in [0.25, 0.3) is 5.91 Å². The highest BCUT2D eigenvalue weighted by atomic mass is 19.4. The second-order valence-corrected chi connectivity index (χ2v) is 6.09. The molecule has 0 aliphatic carbocycles. The Morgan fingerprint density at radius 1 is 0.871 bits per heavy atom. The number of hydrogen-bond donors (Lipinski definition) is 1. The molecule has 1 aliphatic heterocycles. The average molecular weight is 479 g/mol. The maximum Gasteiger partial charge on any atom is 0.392 e. The first-order chi connectivity index (χ1) is 13.9. The van der Waals surface area contributed by atoms with E-state index in [1.165, 1.54) is 6.07 Å². The standard InChI is InChI=1S/C15H9F12NO3/c16-9(17)11(18,19)13(22,23)15(26,27)14(24,25)12(20,21)10(29)28-4-6-1-2-7-8(3-6)31-5-30-7/h1-3,9H,4-5H2,(H,28,29). The van der Waals surface area contributed by atoms with Crippen molar-refractivity contribution in [1.29, 1.82) is 0 Å². The fraction of sp³-hybridized carbons (Fsp3) is 0.533. The van der Waals surface area contributed by atoms with Gasteiger partial charge in [0.1, 0.15) is 0 Å². The van der Waals surface area contributed by atoms with Crippen molar-refractivity contribution >= 4 is 5.91 Å². The van der Waals surface area contributed by atoms with Crippen LogP contribution in [0, 0.1) is 0 Å². The Hall–Kier alpha value is -2.55. The summed E-state index contributed by atoms with van der Waals surface area (Å²) in [7, 11) is 0. The Morgan fingerprint density at radius 2 is 1.42 bits per heavy atom. The number of carbonyl (C=O) groups excluding carboxylic acids is 1. The molecule has 0 atom stereocenters. The van der Waals surface area contributed by atoms with Crippen LogP contribution >= 0.6 is 0 Å². The molecule has 31 heavy (non-hydrogen) atoms. The third-order valence-corrected chi connectivity index (χ3v) is 4.05. The number of amides is 1. The average Bonchev–Trinajstić information content (AvgIpc) is 3.12. The Kier molecular flexibility index (Phi) is 6.02. The molecule has 1 heterocycles. The van der Waals surface area contributed by atoms with Crippen LogP contribution in [0.2, 0.25) is 0 Å². The Labute approximate surface area is 164 Å². The number of alkyl halides is 12. The van der Waals surface area contributed by atoms with Crippen LogP contribution in [0.15, 0.2) is 18.2 Å². The van der Waals surface area contributed by atoms with E-state index in [2.05, 4.69) is 0 Å². The first kappa shape index (κ1) is 24.7. The summed E-state index contributed by atoms with van der Waals surface area (Å²) < 4.78 is 167. The zero-order valence-corrected chi connectivity index (χ0v) is 14.5. The molecule has 0 unspecified atom stereocenters. The van der Waals surface area contributed by atoms with Gasteiger partial charge in [0.2, 0.25) is 6.79 Å². The predicted octanol–water partition coefficient (Wildman–Crippen LogP) is 4.47. The van der Waals surface area contributed by atoms with Crippen LogP contribution in [0.5, 0.6) is 11.5 Å². The summed E-state index contributed by atoms with van der Waals surface area (Å²) >= 11 is 0. The van der Waals surface area contributed by atoms with Gasteiger partial charge < -0.3 is 14.8 Å². The number of carbonyl (C=O) groups is 1. The second kappa shape index (κ2) is 7.55. The van der Waals surface area contributed by atoms with Crippen molar-refractivity contribution < 1.29 is 67.0 Å². The number of halogens is 12. The summed E-state index contributed by atoms with van der Waals surface area (Å²) in [5.74, 6) is -39.8. The Bertz CT molecular complexity index is 843. The molecule has 176 valence electrons. The molecule has 0 saturated carbocycles. The molecule has 1 aromatic carbocycles. The molecule has 1 aromatic rings. The van der Waals surface area contributed by atoms with Crippen LogP contribution in [0.1, 0.15) is 5.56 Å². The van der Waals surface area contributed by atoms with Crippen LogP contribution in [0.4, 0.5) is 52.7 Å². The maximum atomic E-state index is 13.7. The van der Waals surface area contributed by atoms with E-state index >= 15 is 0 Å². The summed E-state index contributed by atoms with van der Waals surface area (Å²) in [4.78, 5) is 11.4. The van der Waals surface area contributed by atoms with Crippen LogP contribution in [0.25, 0.3) is 0 Å². The molecular weight excluding hydrogens is 470 g/mol. The van der Waals surface area contributed by atoms with E-state index in [9.17, 15) is 57.5 Å². The van der Waals surface area contributed by atoms with Crippen LogP contribution in [-0.2, 0) is 11.3 Å². The highest BCUT2D eigenvalue weighted by Crippen LogP contribution is 2.58. The van der Waals surface area contributed by atoms with E-state index < -0.39 is 48.5 Å². The molecule has 16 heteroatoms. The first-order valence-corrected chi connectivity index (χ1v) is 7.75. The van der Waals surface area contributed by atoms with Crippen LogP contribution in [-0.4, -0.2) is 48.7 Å². The van der Waals surface area contributed by atoms with Crippen molar-refractivity contribution in [3.8, 4) is 11.5 Å². The van der Waals surface area contributed by atoms with E-state index in [-0.39, 0.29) is 23.9 Å². The maximum absolute atomic E-state index is 13.7. The molecule has 0 fully saturated rings. The summed E-state index contributed by atoms with van der Waals surface area (Å²) in [5, 5.41) is 1.04. The number of ether oxygens (including phenoxy) is 2. The number of fused-ring (bicyclic) bond motifs is 1. The van der Waals surface area contributed by atoms with Gasteiger partial charge in [0.05, 0.1) is 0 Å². The molecular formula is C15H9F12NO3. The van der Waals surface area contributed by atoms with Crippen molar-refractivity contribution in [2.75, 3.05) is 6.79 Å². The molecule has 0 aromatic heterocycles. The monoisotopic (exact) mass is 479 g/mol. The van der Waals surface area contributed by atoms with E-state index in [1.807, 2.05) is 0 Å². The fourth-order valence-electron chi connectivity index (χ4n) is 2.23. The van der Waals surface area contributed by atoms with Gasteiger partial charge in [-0.05, 0) is 17.7 Å². The second-order valence-electron chi connectivity index (χ2n) is 6.09. The van der Waals surface area contributed by atoms with Crippen molar-refractivity contribution in [3.05, 3.63) is 23.8 Å². The molecule has 1 N–H and O–H groups in total. The minimum atomic E-state index is -7.76. The van der Waals surface area contributed by atoms with Crippen LogP contribution in [0.3, 0.4) is 0 Å². The Balaban J connectivity index is 2.25. The van der Waals surface area contributed by atoms with Crippen molar-refractivity contribution in [1.82, 2.24) is 5.32 Å². The minimum absolute atomic E-state index is 0.0317. The van der Waals surface area contributed by atoms with Gasteiger partial charge >= 0.3 is 36.0 Å². The number of benzene rings is 1. The van der Waals surface area contributed by atoms with E-state index in [0.717, 1.165) is 17.4 Å². The fourth-order valence-corrected chi connectivity index (χ4v) is 2.23. The predicted molar refractivity (Wildman–Crippen MR) is 75.2 cm³/mol. The number of rotatable bonds is 8. The van der Waals surface area contributed by atoms with Gasteiger partial charge in [-0.3, -0.25) is 4.79 Å². The lowest BCUT2D eigenvalue weighted by atomic mass is 9.94. The van der Waals surface area contributed by atoms with Crippen molar-refractivity contribution in [2.45, 2.75) is 42.6 Å². The van der Waals surface area contributed by atoms with E-state index in [4.69, 9.17) is 9.47 Å². The van der Waals surface area contributed by atoms with E-state index in [0.29, 0.717) is 0 Å². The molecule has 1 amide bonds. The summed E-state index contributed by atoms with van der Waals surface area (Å²) in [5.41, 5.74) is -0.127. The SMILES string of the molecule is O=C(NCc1ccc2c(c1)OCO2)C(F)(F)C(F)(F)C(F)(F)C(F)(F)C(F)(F)C(F)F. The molecule has 0 saturated heterocycles. The number of nitrogens with one attached hydrogen (secondary N) is 1. The molecule has 0 spiro atoms. The molecule has 1 aliphatic rings. The van der Waals surface area contributed by atoms with Crippen molar-refractivity contribution in [2.24, 2.45) is 0 Å². The van der Waals surface area contributed by atoms with Gasteiger partial charge in [-0.1, -0.05) is 6.07 Å². The lowest BCUT2D eigenvalue weighted by Gasteiger charge is -2.38. The topological polar surface area (TPSA) is 47.6 Å². The molecule has 2 rings (SSSR count). The largest absolute Gasteiger partial charge is 0.454 e. The third-order valence-electron chi connectivity index (χ3n) is 4.05. The van der Waals surface area contributed by atoms with Gasteiger partial charge in [0, 0.05) is 6.54 Å². The molecule has 0 bridgehead atoms. The molecule has 4 nitrogen and oxygen atoms in total. The Morgan fingerprint density at radius 3 is 1.97 bits per heavy atom. The smallest absolute Gasteiger partial charge is 0.392 e. The van der Waals surface area contributed by atoms with Gasteiger partial charge in [-0.25, -0.2) is 8.78 Å². The quantitative estimate of drug-likeness (QED) is 0.560. The lowest BCUT2D eigenvalue weighted by molar-refractivity contribution is -0.407. The molecule has 0 radical (unpaired) electrons.